The molecule has 0 saturated heterocycles. The summed E-state index contributed by atoms with van der Waals surface area (Å²) >= 11 is 2.27. The van der Waals surface area contributed by atoms with Gasteiger partial charge < -0.3 is 4.74 Å². The Balaban J connectivity index is 1.75. The molecule has 17 heavy (non-hydrogen) atoms. The number of fused-ring (bicyclic) bond motifs is 3. The molecule has 1 aromatic heterocycles. The molecule has 4 rings (SSSR count). The molecular weight excluding hydrogens is 325 g/mol. The molecule has 2 bridgehead atoms. The maximum absolute atomic E-state index is 6.22. The Morgan fingerprint density at radius 2 is 1.76 bits per heavy atom. The molecule has 0 radical (unpaired) electrons. The zero-order chi connectivity index (χ0) is 11.9. The van der Waals surface area contributed by atoms with E-state index in [0.29, 0.717) is 5.41 Å². The van der Waals surface area contributed by atoms with Crippen molar-refractivity contribution in [3.05, 3.63) is 21.9 Å². The molecule has 2 nitrogen and oxygen atoms in total. The third-order valence-electron chi connectivity index (χ3n) is 4.57. The van der Waals surface area contributed by atoms with Crippen molar-refractivity contribution in [1.82, 2.24) is 4.98 Å². The Hall–Kier alpha value is -0.320. The van der Waals surface area contributed by atoms with Gasteiger partial charge in [-0.2, -0.15) is 0 Å². The highest BCUT2D eigenvalue weighted by Crippen LogP contribution is 2.53. The first-order valence-corrected chi connectivity index (χ1v) is 7.48. The van der Waals surface area contributed by atoms with Crippen LogP contribution in [0.15, 0.2) is 18.3 Å². The number of nitrogens with zero attached hydrogens (tertiary/aromatic N) is 1. The van der Waals surface area contributed by atoms with Crippen molar-refractivity contribution in [2.75, 3.05) is 0 Å². The number of hydrogen-bond donors (Lipinski definition) is 0. The fraction of sp³-hybridized carbons (Fsp3) is 0.643. The average Bonchev–Trinajstić information content (AvgIpc) is 2.35. The van der Waals surface area contributed by atoms with Gasteiger partial charge >= 0.3 is 0 Å². The maximum Gasteiger partial charge on any atom is 0.213 e. The van der Waals surface area contributed by atoms with E-state index in [9.17, 15) is 0 Å². The minimum Gasteiger partial charge on any atom is -0.471 e. The summed E-state index contributed by atoms with van der Waals surface area (Å²) in [6.07, 6.45) is 9.44. The highest BCUT2D eigenvalue weighted by atomic mass is 127. The average molecular weight is 343 g/mol. The lowest BCUT2D eigenvalue weighted by atomic mass is 9.59. The molecule has 0 N–H and O–H groups in total. The van der Waals surface area contributed by atoms with Gasteiger partial charge in [0.05, 0.1) is 0 Å². The topological polar surface area (TPSA) is 22.1 Å². The normalized spacial score (nSPS) is 35.9. The van der Waals surface area contributed by atoms with Crippen LogP contribution in [0, 0.1) is 8.99 Å². The summed E-state index contributed by atoms with van der Waals surface area (Å²) in [5, 5.41) is 0. The van der Waals surface area contributed by atoms with Crippen molar-refractivity contribution >= 4 is 22.6 Å². The van der Waals surface area contributed by atoms with E-state index in [1.807, 2.05) is 12.3 Å². The lowest BCUT2D eigenvalue weighted by Gasteiger charge is -2.51. The molecule has 0 aliphatic heterocycles. The van der Waals surface area contributed by atoms with Crippen LogP contribution in [-0.2, 0) is 0 Å². The van der Waals surface area contributed by atoms with Gasteiger partial charge in [0.15, 0.2) is 0 Å². The van der Waals surface area contributed by atoms with Crippen molar-refractivity contribution in [2.24, 2.45) is 5.41 Å². The summed E-state index contributed by atoms with van der Waals surface area (Å²) in [4.78, 5) is 4.37. The van der Waals surface area contributed by atoms with Gasteiger partial charge in [0, 0.05) is 15.8 Å². The second-order valence-corrected chi connectivity index (χ2v) is 7.16. The molecule has 92 valence electrons. The van der Waals surface area contributed by atoms with E-state index in [0.717, 1.165) is 9.45 Å². The number of ether oxygens (including phenoxy) is 1. The van der Waals surface area contributed by atoms with E-state index in [-0.39, 0.29) is 5.60 Å². The van der Waals surface area contributed by atoms with Gasteiger partial charge in [-0.15, -0.1) is 0 Å². The first kappa shape index (κ1) is 11.8. The minimum atomic E-state index is 0.0948. The Labute approximate surface area is 116 Å². The molecule has 1 heterocycles. The van der Waals surface area contributed by atoms with Crippen molar-refractivity contribution in [2.45, 2.75) is 51.0 Å². The predicted molar refractivity (Wildman–Crippen MR) is 76.1 cm³/mol. The van der Waals surface area contributed by atoms with Gasteiger partial charge in [-0.05, 0) is 72.6 Å². The van der Waals surface area contributed by atoms with E-state index in [2.05, 4.69) is 40.6 Å². The van der Waals surface area contributed by atoms with E-state index in [4.69, 9.17) is 4.74 Å². The molecule has 0 spiro atoms. The first-order chi connectivity index (χ1) is 8.09. The Bertz CT molecular complexity index is 390. The highest BCUT2D eigenvalue weighted by molar-refractivity contribution is 14.1. The summed E-state index contributed by atoms with van der Waals surface area (Å²) in [6.45, 7) is 2.43. The molecular formula is C14H18INO. The molecule has 3 aliphatic rings. The summed E-state index contributed by atoms with van der Waals surface area (Å²) < 4.78 is 7.38. The van der Waals surface area contributed by atoms with Crippen LogP contribution in [0.4, 0.5) is 0 Å². The third-order valence-corrected chi connectivity index (χ3v) is 5.21. The summed E-state index contributed by atoms with van der Waals surface area (Å²) in [5.41, 5.74) is 0.697. The predicted octanol–water partition coefficient (Wildman–Crippen LogP) is 4.18. The lowest BCUT2D eigenvalue weighted by molar-refractivity contribution is -0.0690. The third kappa shape index (κ3) is 2.30. The zero-order valence-corrected chi connectivity index (χ0v) is 12.4. The maximum atomic E-state index is 6.22. The van der Waals surface area contributed by atoms with E-state index in [1.54, 1.807) is 0 Å². The Kier molecular flexibility index (Phi) is 2.84. The minimum absolute atomic E-state index is 0.0948. The lowest BCUT2D eigenvalue weighted by Crippen LogP contribution is -2.48. The standard InChI is InChI=1S/C14H18INO/c1-13-4-7-14(8-5-13,9-6-13)17-12-3-2-11(15)10-16-12/h2-3,10H,4-9H2,1H3. The monoisotopic (exact) mass is 343 g/mol. The van der Waals surface area contributed by atoms with Crippen LogP contribution < -0.4 is 4.74 Å². The first-order valence-electron chi connectivity index (χ1n) is 6.40. The number of pyridine rings is 1. The molecule has 3 fully saturated rings. The van der Waals surface area contributed by atoms with Crippen LogP contribution in [0.25, 0.3) is 0 Å². The molecule has 3 heteroatoms. The van der Waals surface area contributed by atoms with Gasteiger partial charge in [0.2, 0.25) is 5.88 Å². The van der Waals surface area contributed by atoms with E-state index >= 15 is 0 Å². The Morgan fingerprint density at radius 1 is 1.12 bits per heavy atom. The number of rotatable bonds is 2. The number of halogens is 1. The SMILES string of the molecule is CC12CCC(Oc3ccc(I)cn3)(CC1)CC2. The Morgan fingerprint density at radius 3 is 2.29 bits per heavy atom. The fourth-order valence-corrected chi connectivity index (χ4v) is 3.46. The van der Waals surface area contributed by atoms with Gasteiger partial charge in [0.25, 0.3) is 0 Å². The largest absolute Gasteiger partial charge is 0.471 e. The molecule has 3 saturated carbocycles. The number of aromatic nitrogens is 1. The van der Waals surface area contributed by atoms with Crippen LogP contribution in [0.1, 0.15) is 45.4 Å². The van der Waals surface area contributed by atoms with Crippen molar-refractivity contribution in [3.63, 3.8) is 0 Å². The van der Waals surface area contributed by atoms with Crippen LogP contribution in [-0.4, -0.2) is 10.6 Å². The van der Waals surface area contributed by atoms with Crippen LogP contribution >= 0.6 is 22.6 Å². The smallest absolute Gasteiger partial charge is 0.213 e. The summed E-state index contributed by atoms with van der Waals surface area (Å²) in [5.74, 6) is 0.802. The summed E-state index contributed by atoms with van der Waals surface area (Å²) in [6, 6.07) is 4.06. The van der Waals surface area contributed by atoms with Gasteiger partial charge in [-0.25, -0.2) is 4.98 Å². The summed E-state index contributed by atoms with van der Waals surface area (Å²) in [7, 11) is 0. The highest BCUT2D eigenvalue weighted by Gasteiger charge is 2.47. The molecule has 0 aromatic carbocycles. The second kappa shape index (κ2) is 4.11. The molecule has 0 unspecified atom stereocenters. The second-order valence-electron chi connectivity index (χ2n) is 5.91. The van der Waals surface area contributed by atoms with E-state index in [1.165, 1.54) is 38.5 Å². The fourth-order valence-electron chi connectivity index (χ4n) is 3.14. The zero-order valence-electron chi connectivity index (χ0n) is 10.2. The van der Waals surface area contributed by atoms with Gasteiger partial charge in [0.1, 0.15) is 5.60 Å². The number of hydrogen-bond acceptors (Lipinski definition) is 2. The van der Waals surface area contributed by atoms with Crippen LogP contribution in [0.3, 0.4) is 0 Å². The van der Waals surface area contributed by atoms with E-state index < -0.39 is 0 Å². The quantitative estimate of drug-likeness (QED) is 0.752. The van der Waals surface area contributed by atoms with Gasteiger partial charge in [-0.1, -0.05) is 6.92 Å². The molecule has 3 aliphatic carbocycles. The van der Waals surface area contributed by atoms with Gasteiger partial charge in [-0.3, -0.25) is 0 Å². The van der Waals surface area contributed by atoms with Crippen LogP contribution in [0.5, 0.6) is 5.88 Å². The van der Waals surface area contributed by atoms with Crippen molar-refractivity contribution in [3.8, 4) is 5.88 Å². The van der Waals surface area contributed by atoms with Crippen molar-refractivity contribution < 1.29 is 4.74 Å². The molecule has 1 aromatic rings. The molecule has 0 amide bonds. The van der Waals surface area contributed by atoms with Crippen molar-refractivity contribution in [1.29, 1.82) is 0 Å². The van der Waals surface area contributed by atoms with Crippen LogP contribution in [0.2, 0.25) is 0 Å². The molecule has 0 atom stereocenters.